The summed E-state index contributed by atoms with van der Waals surface area (Å²) < 4.78 is 43.5. The van der Waals surface area contributed by atoms with Crippen LogP contribution in [0.2, 0.25) is 0 Å². The summed E-state index contributed by atoms with van der Waals surface area (Å²) in [6, 6.07) is 13.5. The van der Waals surface area contributed by atoms with Crippen molar-refractivity contribution in [1.29, 1.82) is 5.26 Å². The van der Waals surface area contributed by atoms with E-state index in [-0.39, 0.29) is 11.4 Å². The Morgan fingerprint density at radius 3 is 2.70 bits per heavy atom. The van der Waals surface area contributed by atoms with Gasteiger partial charge < -0.3 is 4.74 Å². The zero-order valence-corrected chi connectivity index (χ0v) is 14.2. The van der Waals surface area contributed by atoms with Crippen LogP contribution in [0.3, 0.4) is 0 Å². The van der Waals surface area contributed by atoms with Crippen molar-refractivity contribution in [2.45, 2.75) is 6.36 Å². The first-order valence-electron chi connectivity index (χ1n) is 7.63. The molecule has 2 aromatic carbocycles. The number of halogens is 3. The van der Waals surface area contributed by atoms with E-state index in [1.54, 1.807) is 6.07 Å². The summed E-state index contributed by atoms with van der Waals surface area (Å²) in [6.07, 6.45) is -4.84. The van der Waals surface area contributed by atoms with Crippen LogP contribution in [-0.4, -0.2) is 21.8 Å². The monoisotopic (exact) mass is 386 g/mol. The second-order valence-corrected chi connectivity index (χ2v) is 6.53. The predicted molar refractivity (Wildman–Crippen MR) is 94.0 cm³/mol. The molecule has 0 aliphatic rings. The van der Waals surface area contributed by atoms with Crippen molar-refractivity contribution in [1.82, 2.24) is 15.4 Å². The molecule has 1 N–H and O–H groups in total. The maximum atomic E-state index is 12.8. The third-order valence-corrected chi connectivity index (χ3v) is 4.76. The molecule has 0 aliphatic heterocycles. The number of thiophene rings is 1. The Kier molecular flexibility index (Phi) is 4.05. The fourth-order valence-corrected chi connectivity index (χ4v) is 3.65. The fourth-order valence-electron chi connectivity index (χ4n) is 2.84. The number of alkyl halides is 3. The molecule has 27 heavy (non-hydrogen) atoms. The van der Waals surface area contributed by atoms with E-state index in [1.165, 1.54) is 23.5 Å². The van der Waals surface area contributed by atoms with Gasteiger partial charge in [-0.05, 0) is 46.8 Å². The summed E-state index contributed by atoms with van der Waals surface area (Å²) in [5.41, 5.74) is 1.78. The number of hydrogen-bond donors (Lipinski definition) is 1. The van der Waals surface area contributed by atoms with Crippen LogP contribution >= 0.6 is 11.3 Å². The molecule has 0 saturated carbocycles. The Hall–Kier alpha value is -3.38. The van der Waals surface area contributed by atoms with Gasteiger partial charge in [0.2, 0.25) is 0 Å². The van der Waals surface area contributed by atoms with Crippen molar-refractivity contribution in [3.05, 3.63) is 53.5 Å². The molecule has 0 unspecified atom stereocenters. The van der Waals surface area contributed by atoms with Gasteiger partial charge >= 0.3 is 6.36 Å². The molecule has 0 saturated heterocycles. The summed E-state index contributed by atoms with van der Waals surface area (Å²) in [6.45, 7) is 0. The van der Waals surface area contributed by atoms with Crippen LogP contribution in [0.5, 0.6) is 5.75 Å². The fraction of sp³-hybridized carbons (Fsp3) is 0.0556. The first-order chi connectivity index (χ1) is 12.9. The first kappa shape index (κ1) is 17.1. The lowest BCUT2D eigenvalue weighted by Crippen LogP contribution is -2.17. The minimum absolute atomic E-state index is 0.0545. The molecule has 4 rings (SSSR count). The topological polar surface area (TPSA) is 74.6 Å². The lowest BCUT2D eigenvalue weighted by atomic mass is 9.98. The molecule has 0 aliphatic carbocycles. The highest BCUT2D eigenvalue weighted by Gasteiger charge is 2.31. The number of ether oxygens (including phenoxy) is 1. The van der Waals surface area contributed by atoms with Crippen LogP contribution in [-0.2, 0) is 0 Å². The standard InChI is InChI=1S/C18H9F3N4OS/c19-18(20,21)26-12-7-10(13-2-1-3-16-14(13)4-5-27-16)6-11(8-12)17-15(9-22)23-25-24-17/h1-8H,(H,23,24,25). The average Bonchev–Trinajstić information content (AvgIpc) is 3.28. The highest BCUT2D eigenvalue weighted by Crippen LogP contribution is 2.37. The Morgan fingerprint density at radius 1 is 1.11 bits per heavy atom. The average molecular weight is 386 g/mol. The van der Waals surface area contributed by atoms with Gasteiger partial charge in [-0.3, -0.25) is 0 Å². The van der Waals surface area contributed by atoms with Gasteiger partial charge in [-0.25, -0.2) is 5.10 Å². The van der Waals surface area contributed by atoms with Crippen LogP contribution in [0.25, 0.3) is 32.5 Å². The maximum Gasteiger partial charge on any atom is 0.573 e. The molecule has 0 radical (unpaired) electrons. The first-order valence-corrected chi connectivity index (χ1v) is 8.51. The molecule has 0 atom stereocenters. The van der Waals surface area contributed by atoms with Crippen LogP contribution in [0.4, 0.5) is 13.2 Å². The number of aromatic amines is 1. The van der Waals surface area contributed by atoms with E-state index < -0.39 is 12.1 Å². The highest BCUT2D eigenvalue weighted by atomic mass is 32.1. The summed E-state index contributed by atoms with van der Waals surface area (Å²) in [7, 11) is 0. The lowest BCUT2D eigenvalue weighted by molar-refractivity contribution is -0.274. The zero-order chi connectivity index (χ0) is 19.0. The molecule has 134 valence electrons. The third-order valence-electron chi connectivity index (χ3n) is 3.88. The molecule has 0 bridgehead atoms. The van der Waals surface area contributed by atoms with Gasteiger partial charge in [0, 0.05) is 15.6 Å². The van der Waals surface area contributed by atoms with Gasteiger partial charge in [0.1, 0.15) is 17.5 Å². The van der Waals surface area contributed by atoms with Crippen molar-refractivity contribution < 1.29 is 17.9 Å². The van der Waals surface area contributed by atoms with E-state index >= 15 is 0 Å². The van der Waals surface area contributed by atoms with Gasteiger partial charge in [0.15, 0.2) is 5.69 Å². The van der Waals surface area contributed by atoms with Crippen molar-refractivity contribution in [3.8, 4) is 34.2 Å². The number of fused-ring (bicyclic) bond motifs is 1. The smallest absolute Gasteiger partial charge is 0.406 e. The highest BCUT2D eigenvalue weighted by molar-refractivity contribution is 7.17. The van der Waals surface area contributed by atoms with Crippen molar-refractivity contribution in [2.75, 3.05) is 0 Å². The molecular weight excluding hydrogens is 377 g/mol. The summed E-state index contributed by atoms with van der Waals surface area (Å²) in [5, 5.41) is 21.8. The minimum atomic E-state index is -4.84. The largest absolute Gasteiger partial charge is 0.573 e. The molecule has 0 amide bonds. The Labute approximate surface area is 154 Å². The van der Waals surface area contributed by atoms with Crippen LogP contribution < -0.4 is 4.74 Å². The number of rotatable bonds is 3. The van der Waals surface area contributed by atoms with Crippen molar-refractivity contribution in [3.63, 3.8) is 0 Å². The number of aromatic nitrogens is 3. The van der Waals surface area contributed by atoms with Gasteiger partial charge in [-0.2, -0.15) is 5.26 Å². The quantitative estimate of drug-likeness (QED) is 0.530. The van der Waals surface area contributed by atoms with Gasteiger partial charge in [0.05, 0.1) is 0 Å². The number of nitrogens with one attached hydrogen (secondary N) is 1. The predicted octanol–water partition coefficient (Wildman–Crippen LogP) is 5.12. The molecule has 9 heteroatoms. The lowest BCUT2D eigenvalue weighted by Gasteiger charge is -2.13. The van der Waals surface area contributed by atoms with Crippen LogP contribution in [0, 0.1) is 11.3 Å². The second kappa shape index (κ2) is 6.41. The van der Waals surface area contributed by atoms with E-state index in [0.29, 0.717) is 11.1 Å². The molecule has 2 aromatic heterocycles. The summed E-state index contributed by atoms with van der Waals surface area (Å²) in [5.74, 6) is -0.394. The Balaban J connectivity index is 1.94. The number of H-pyrrole nitrogens is 1. The van der Waals surface area contributed by atoms with E-state index in [4.69, 9.17) is 5.26 Å². The maximum absolute atomic E-state index is 12.8. The minimum Gasteiger partial charge on any atom is -0.406 e. The Bertz CT molecular complexity index is 1170. The van der Waals surface area contributed by atoms with E-state index in [0.717, 1.165) is 15.6 Å². The molecule has 0 spiro atoms. The Morgan fingerprint density at radius 2 is 1.93 bits per heavy atom. The van der Waals surface area contributed by atoms with E-state index in [9.17, 15) is 13.2 Å². The third kappa shape index (κ3) is 3.35. The summed E-state index contributed by atoms with van der Waals surface area (Å²) >= 11 is 1.54. The second-order valence-electron chi connectivity index (χ2n) is 5.58. The van der Waals surface area contributed by atoms with Gasteiger partial charge in [-0.1, -0.05) is 17.3 Å². The number of nitrogens with zero attached hydrogens (tertiary/aromatic N) is 3. The molecule has 5 nitrogen and oxygen atoms in total. The summed E-state index contributed by atoms with van der Waals surface area (Å²) in [4.78, 5) is 0. The normalized spacial score (nSPS) is 11.5. The van der Waals surface area contributed by atoms with Gasteiger partial charge in [-0.15, -0.1) is 29.6 Å². The molecular formula is C18H9F3N4OS. The number of hydrogen-bond acceptors (Lipinski definition) is 5. The molecule has 2 heterocycles. The van der Waals surface area contributed by atoms with Crippen LogP contribution in [0.15, 0.2) is 47.8 Å². The van der Waals surface area contributed by atoms with Crippen LogP contribution in [0.1, 0.15) is 5.69 Å². The van der Waals surface area contributed by atoms with E-state index in [2.05, 4.69) is 20.1 Å². The molecule has 0 fully saturated rings. The van der Waals surface area contributed by atoms with Crippen molar-refractivity contribution >= 4 is 21.4 Å². The van der Waals surface area contributed by atoms with Gasteiger partial charge in [0.25, 0.3) is 0 Å². The number of nitriles is 1. The molecule has 4 aromatic rings. The number of benzene rings is 2. The van der Waals surface area contributed by atoms with Crippen molar-refractivity contribution in [2.24, 2.45) is 0 Å². The van der Waals surface area contributed by atoms with E-state index in [1.807, 2.05) is 35.7 Å². The SMILES string of the molecule is N#Cc1[nH]nnc1-c1cc(OC(F)(F)F)cc(-c2cccc3sccc23)c1. The zero-order valence-electron chi connectivity index (χ0n) is 13.4.